The third-order valence-electron chi connectivity index (χ3n) is 14.3. The average Bonchev–Trinajstić information content (AvgIpc) is 3.08. The van der Waals surface area contributed by atoms with E-state index >= 15 is 0 Å². The lowest BCUT2D eigenvalue weighted by molar-refractivity contribution is -0.176. The van der Waals surface area contributed by atoms with Crippen molar-refractivity contribution < 1.29 is 100 Å². The molecule has 0 aromatic rings. The number of carbonyl (C=O) groups excluding carboxylic acids is 9. The van der Waals surface area contributed by atoms with Gasteiger partial charge < -0.3 is 56.8 Å². The molecule has 3 heterocycles. The molecule has 10 atom stereocenters. The molecular weight excluding hydrogens is 1130 g/mol. The number of allylic oxidation sites excluding steroid dienone is 2. The Morgan fingerprint density at radius 1 is 0.855 bits per heavy atom. The predicted octanol–water partition coefficient (Wildman–Crippen LogP) is 5.93. The van der Waals surface area contributed by atoms with Gasteiger partial charge in [-0.25, -0.2) is 19.2 Å². The van der Waals surface area contributed by atoms with Gasteiger partial charge in [-0.15, -0.1) is 0 Å². The number of alkyl halides is 6. The van der Waals surface area contributed by atoms with Crippen LogP contribution in [0.25, 0.3) is 0 Å². The minimum absolute atomic E-state index is 0. The second-order valence-electron chi connectivity index (χ2n) is 23.6. The number of amides is 6. The molecular formula is C55H87F6N6O15Si-. The Morgan fingerprint density at radius 2 is 1.49 bits per heavy atom. The highest BCUT2D eigenvalue weighted by atomic mass is 28.3. The number of β-amino-alcohol motifs (C(OH)–C–C–N with tert-alkyl or cyclic N) is 1. The van der Waals surface area contributed by atoms with E-state index < -0.39 is 127 Å². The number of nitrogens with zero attached hydrogens (tertiary/aromatic N) is 2. The molecule has 3 aliphatic heterocycles. The molecule has 6 N–H and O–H groups in total. The van der Waals surface area contributed by atoms with E-state index in [1.807, 2.05) is 18.2 Å². The third kappa shape index (κ3) is 21.4. The molecule has 28 heteroatoms. The van der Waals surface area contributed by atoms with Crippen molar-refractivity contribution in [1.82, 2.24) is 31.1 Å². The number of fused-ring (bicyclic) bond motifs is 2. The van der Waals surface area contributed by atoms with Gasteiger partial charge in [-0.3, -0.25) is 28.9 Å². The first-order chi connectivity index (χ1) is 38.1. The number of rotatable bonds is 19. The number of likely N-dealkylation sites (tertiary alicyclic amines) is 1. The molecule has 5 aliphatic rings. The molecule has 83 heavy (non-hydrogen) atoms. The highest BCUT2D eigenvalue weighted by Crippen LogP contribution is 2.47. The van der Waals surface area contributed by atoms with Crippen molar-refractivity contribution in [3.63, 3.8) is 0 Å². The van der Waals surface area contributed by atoms with Crippen molar-refractivity contribution in [3.05, 3.63) is 24.3 Å². The van der Waals surface area contributed by atoms with Crippen LogP contribution in [0.2, 0.25) is 25.7 Å². The molecule has 6 amide bonds. The lowest BCUT2D eigenvalue weighted by Gasteiger charge is -2.30. The number of carbonyl (C=O) groups is 9. The number of halogens is 6. The van der Waals surface area contributed by atoms with Crippen molar-refractivity contribution in [3.8, 4) is 0 Å². The van der Waals surface area contributed by atoms with Crippen LogP contribution in [0.3, 0.4) is 0 Å². The molecule has 2 aliphatic carbocycles. The Bertz CT molecular complexity index is 2360. The zero-order valence-corrected chi connectivity index (χ0v) is 48.9. The highest BCUT2D eigenvalue weighted by molar-refractivity contribution is 6.76. The molecule has 0 aromatic carbocycles. The predicted molar refractivity (Wildman–Crippen MR) is 292 cm³/mol. The number of hydrogen-bond acceptors (Lipinski definition) is 15. The van der Waals surface area contributed by atoms with Crippen LogP contribution in [0.1, 0.15) is 133 Å². The van der Waals surface area contributed by atoms with Crippen LogP contribution in [0.4, 0.5) is 31.1 Å². The van der Waals surface area contributed by atoms with E-state index in [0.29, 0.717) is 63.8 Å². The molecule has 474 valence electrons. The van der Waals surface area contributed by atoms with E-state index in [1.165, 1.54) is 0 Å². The smallest absolute Gasteiger partial charge is 0.471 e. The summed E-state index contributed by atoms with van der Waals surface area (Å²) < 4.78 is 98.0. The lowest BCUT2D eigenvalue weighted by Crippen LogP contribution is -2.57. The minimum atomic E-state index is -5.17. The third-order valence-corrected chi connectivity index (χ3v) is 16.0. The van der Waals surface area contributed by atoms with Gasteiger partial charge in [-0.1, -0.05) is 77.1 Å². The molecule has 0 bridgehead atoms. The number of hydrogen-bond donors (Lipinski definition) is 6. The number of ether oxygens (including phenoxy) is 4. The van der Waals surface area contributed by atoms with Crippen LogP contribution in [0.5, 0.6) is 0 Å². The van der Waals surface area contributed by atoms with E-state index in [0.717, 1.165) is 9.80 Å². The summed E-state index contributed by atoms with van der Waals surface area (Å²) in [5, 5.41) is 29.3. The maximum absolute atomic E-state index is 13.3. The second kappa shape index (κ2) is 30.3. The molecule has 5 rings (SSSR count). The number of unbranched alkanes of at least 4 members (excludes halogenated alkanes) is 3. The Hall–Kier alpha value is -5.77. The number of aliphatic hydroxyl groups is 2. The quantitative estimate of drug-likeness (QED) is 0.0218. The zero-order chi connectivity index (χ0) is 61.6. The van der Waals surface area contributed by atoms with Crippen molar-refractivity contribution in [2.24, 2.45) is 11.8 Å². The summed E-state index contributed by atoms with van der Waals surface area (Å²) in [6.45, 7) is 14.5. The Kier molecular flexibility index (Phi) is 26.1. The summed E-state index contributed by atoms with van der Waals surface area (Å²) in [6, 6.07) is -4.50. The van der Waals surface area contributed by atoms with E-state index in [1.54, 1.807) is 51.3 Å². The lowest BCUT2D eigenvalue weighted by atomic mass is 10.0. The van der Waals surface area contributed by atoms with E-state index in [2.05, 4.69) is 30.3 Å². The first kappa shape index (κ1) is 71.5. The molecule has 0 aromatic heterocycles. The zero-order valence-electron chi connectivity index (χ0n) is 48.9. The van der Waals surface area contributed by atoms with Crippen LogP contribution in [-0.2, 0) is 57.3 Å². The normalized spacial score (nSPS) is 27.3. The van der Waals surface area contributed by atoms with Gasteiger partial charge in [-0.05, 0) is 92.0 Å². The molecule has 21 nitrogen and oxygen atoms in total. The van der Waals surface area contributed by atoms with E-state index in [-0.39, 0.29) is 85.7 Å². The van der Waals surface area contributed by atoms with Crippen molar-refractivity contribution in [1.29, 1.82) is 0 Å². The number of nitrogens with one attached hydrogen (secondary N) is 4. The highest BCUT2D eigenvalue weighted by Gasteiger charge is 2.63. The SMILES string of the molecule is C.CCOC(=O)[C@@]1(NC(=O)[C@@H]2C[C@@H](O)CN2C(=O)OC(C)(C)C)C[C@H]1/C=C\CCCCC[C@H](NC(=O)C(F)(F)F)C(=O)OCC[Si](C)(C)C.CCOC(=O)[C@@]12C[C@H]1/C=C\CCCCC[C@H](NC(=O)C(F)(F)F)C(=O)N1C[C@H](O)C[C@H]1C(=O)N2.[2H-]. The fourth-order valence-electron chi connectivity index (χ4n) is 9.76. The van der Waals surface area contributed by atoms with Gasteiger partial charge in [-0.2, -0.15) is 26.3 Å². The van der Waals surface area contributed by atoms with Gasteiger partial charge in [0.2, 0.25) is 17.7 Å². The number of esters is 3. The fourth-order valence-corrected chi connectivity index (χ4v) is 10.5. The fraction of sp³-hybridized carbons (Fsp3) is 0.764. The first-order valence-corrected chi connectivity index (χ1v) is 31.7. The van der Waals surface area contributed by atoms with Crippen LogP contribution in [0.15, 0.2) is 24.3 Å². The standard InChI is InChI=1S/C32H52F3N3O9Si.C22H30F3N3O6.CH4.H/c1-8-45-28(43)31(37-25(40)24-18-22(39)20-38(24)29(44)47-30(2,3)4)19-21(31)14-12-10-9-11-13-15-23(36-27(42)32(33,34)35)26(41)46-16-17-48(5,6)7;1-2-34-20(33)21-11-13(21)8-6-4-3-5-7-9-15(26-19(32)22(23,24)25)18(31)28-12-14(29)10-16(28)17(30)27-21;;/h12,14,21-24,39H,8-11,13,15-20H2,1-7H3,(H,36,42)(H,37,40);6,8,13-16,29H,2-5,7,9-12H2,1H3,(H,26,32)(H,27,30);1H4;/q;;;-1/b14-12-;8-6-;;/t21-,22-,23+,24+,31-;13-,14-,15+,16+,21-;;/m11../s1/i;;;1+1. The summed E-state index contributed by atoms with van der Waals surface area (Å²) in [6.07, 6.45) is -0.944. The van der Waals surface area contributed by atoms with Crippen molar-refractivity contribution in [2.45, 2.75) is 223 Å². The van der Waals surface area contributed by atoms with Gasteiger partial charge in [0, 0.05) is 39.3 Å². The molecule has 4 fully saturated rings. The molecule has 0 spiro atoms. The molecule has 2 saturated carbocycles. The minimum Gasteiger partial charge on any atom is -1.00 e. The maximum Gasteiger partial charge on any atom is 0.471 e. The van der Waals surface area contributed by atoms with Gasteiger partial charge in [0.05, 0.1) is 38.6 Å². The molecule has 0 unspecified atom stereocenters. The summed E-state index contributed by atoms with van der Waals surface area (Å²) in [5.41, 5.74) is -3.42. The summed E-state index contributed by atoms with van der Waals surface area (Å²) in [4.78, 5) is 116. The van der Waals surface area contributed by atoms with Crippen molar-refractivity contribution in [2.75, 3.05) is 32.9 Å². The largest absolute Gasteiger partial charge is 1.00 e. The van der Waals surface area contributed by atoms with Crippen molar-refractivity contribution >= 4 is 61.6 Å². The van der Waals surface area contributed by atoms with Gasteiger partial charge in [0.25, 0.3) is 0 Å². The van der Waals surface area contributed by atoms with E-state index in [9.17, 15) is 79.7 Å². The van der Waals surface area contributed by atoms with E-state index in [4.69, 9.17) is 18.9 Å². The maximum atomic E-state index is 13.3. The van der Waals surface area contributed by atoms with Gasteiger partial charge in [0.1, 0.15) is 40.8 Å². The topological polar surface area (TPSA) is 286 Å². The summed E-state index contributed by atoms with van der Waals surface area (Å²) >= 11 is 0. The Labute approximate surface area is 483 Å². The van der Waals surface area contributed by atoms with Crippen LogP contribution in [-0.4, -0.2) is 180 Å². The Balaban J connectivity index is 0.000000590. The average molecular weight is 1220 g/mol. The van der Waals surface area contributed by atoms with Crippen LogP contribution >= 0.6 is 0 Å². The number of aliphatic hydroxyl groups excluding tert-OH is 2. The second-order valence-corrected chi connectivity index (χ2v) is 29.2. The van der Waals surface area contributed by atoms with Gasteiger partial charge >= 0.3 is 48.2 Å². The van der Waals surface area contributed by atoms with Crippen LogP contribution < -0.4 is 21.3 Å². The molecule has 2 saturated heterocycles. The summed E-state index contributed by atoms with van der Waals surface area (Å²) in [5.74, 6) is -9.39. The Morgan fingerprint density at radius 3 is 2.11 bits per heavy atom. The first-order valence-electron chi connectivity index (χ1n) is 28.0. The monoisotopic (exact) mass is 1210 g/mol. The summed E-state index contributed by atoms with van der Waals surface area (Å²) in [7, 11) is -1.54. The van der Waals surface area contributed by atoms with Gasteiger partial charge in [0.15, 0.2) is 0 Å². The molecule has 0 radical (unpaired) electrons. The van der Waals surface area contributed by atoms with Crippen LogP contribution in [0, 0.1) is 11.8 Å².